The van der Waals surface area contributed by atoms with E-state index in [9.17, 15) is 9.90 Å². The summed E-state index contributed by atoms with van der Waals surface area (Å²) in [6.45, 7) is 6.21. The van der Waals surface area contributed by atoms with E-state index in [0.29, 0.717) is 27.5 Å². The normalized spacial score (nSPS) is 12.3. The maximum absolute atomic E-state index is 11.7. The van der Waals surface area contributed by atoms with Crippen LogP contribution in [0.3, 0.4) is 0 Å². The van der Waals surface area contributed by atoms with Gasteiger partial charge in [0.05, 0.1) is 16.8 Å². The third-order valence-corrected chi connectivity index (χ3v) is 5.20. The average Bonchev–Trinajstić information content (AvgIpc) is 2.63. The lowest BCUT2D eigenvalue weighted by atomic mass is 9.96. The largest absolute Gasteiger partial charge is 0.478 e. The van der Waals surface area contributed by atoms with E-state index in [4.69, 9.17) is 16.6 Å². The summed E-state index contributed by atoms with van der Waals surface area (Å²) in [6, 6.07) is 13.2. The van der Waals surface area contributed by atoms with Crippen molar-refractivity contribution in [2.24, 2.45) is 0 Å². The molecule has 0 unspecified atom stereocenters. The molecule has 1 N–H and O–H groups in total. The quantitative estimate of drug-likeness (QED) is 0.618. The van der Waals surface area contributed by atoms with Gasteiger partial charge in [-0.2, -0.15) is 0 Å². The molecule has 25 heavy (non-hydrogen) atoms. The van der Waals surface area contributed by atoms with Crippen molar-refractivity contribution in [2.75, 3.05) is 0 Å². The van der Waals surface area contributed by atoms with Crippen LogP contribution in [0.15, 0.2) is 42.5 Å². The first-order chi connectivity index (χ1) is 11.9. The van der Waals surface area contributed by atoms with Crippen LogP contribution in [0.25, 0.3) is 22.2 Å². The molecular formula is C21H20ClNO2. The number of hydrogen-bond donors (Lipinski definition) is 1. The molecule has 128 valence electrons. The molecule has 1 heterocycles. The summed E-state index contributed by atoms with van der Waals surface area (Å²) in [4.78, 5) is 16.4. The minimum atomic E-state index is -0.966. The van der Waals surface area contributed by atoms with Crippen molar-refractivity contribution in [1.82, 2.24) is 4.98 Å². The Labute approximate surface area is 152 Å². The number of fused-ring (bicyclic) bond motifs is 1. The molecule has 0 aliphatic rings. The summed E-state index contributed by atoms with van der Waals surface area (Å²) < 4.78 is 0. The SMILES string of the molecule is CC[C@@H](C)c1ccc(-c2cc(C(=O)O)c3ccc(Cl)c(C)c3n2)cc1. The molecule has 0 aliphatic heterocycles. The Kier molecular flexibility index (Phi) is 4.78. The van der Waals surface area contributed by atoms with Crippen LogP contribution < -0.4 is 0 Å². The molecule has 0 aliphatic carbocycles. The number of carboxylic acid groups (broad SMARTS) is 1. The molecule has 0 radical (unpaired) electrons. The monoisotopic (exact) mass is 353 g/mol. The van der Waals surface area contributed by atoms with Crippen LogP contribution in [0.2, 0.25) is 5.02 Å². The van der Waals surface area contributed by atoms with Crippen LogP contribution in [-0.2, 0) is 0 Å². The van der Waals surface area contributed by atoms with Gasteiger partial charge in [-0.1, -0.05) is 55.8 Å². The van der Waals surface area contributed by atoms with E-state index in [1.54, 1.807) is 18.2 Å². The molecule has 3 rings (SSSR count). The van der Waals surface area contributed by atoms with Crippen LogP contribution in [-0.4, -0.2) is 16.1 Å². The van der Waals surface area contributed by atoms with Gasteiger partial charge in [0.2, 0.25) is 0 Å². The van der Waals surface area contributed by atoms with E-state index in [2.05, 4.69) is 26.0 Å². The van der Waals surface area contributed by atoms with E-state index in [0.717, 1.165) is 17.5 Å². The lowest BCUT2D eigenvalue weighted by molar-refractivity contribution is 0.0699. The van der Waals surface area contributed by atoms with Crippen molar-refractivity contribution in [1.29, 1.82) is 0 Å². The highest BCUT2D eigenvalue weighted by Gasteiger charge is 2.15. The van der Waals surface area contributed by atoms with E-state index >= 15 is 0 Å². The van der Waals surface area contributed by atoms with Gasteiger partial charge in [0.25, 0.3) is 0 Å². The lowest BCUT2D eigenvalue weighted by Crippen LogP contribution is -2.01. The van der Waals surface area contributed by atoms with E-state index < -0.39 is 5.97 Å². The van der Waals surface area contributed by atoms with Gasteiger partial charge in [0.15, 0.2) is 0 Å². The van der Waals surface area contributed by atoms with Gasteiger partial charge in [-0.15, -0.1) is 0 Å². The van der Waals surface area contributed by atoms with Crippen molar-refractivity contribution >= 4 is 28.5 Å². The topological polar surface area (TPSA) is 50.2 Å². The molecule has 0 saturated heterocycles. The van der Waals surface area contributed by atoms with Gasteiger partial charge in [-0.3, -0.25) is 0 Å². The van der Waals surface area contributed by atoms with Crippen LogP contribution in [0, 0.1) is 6.92 Å². The minimum absolute atomic E-state index is 0.241. The van der Waals surface area contributed by atoms with Crippen molar-refractivity contribution in [3.63, 3.8) is 0 Å². The van der Waals surface area contributed by atoms with Crippen molar-refractivity contribution in [3.05, 3.63) is 64.2 Å². The molecule has 4 heteroatoms. The zero-order chi connectivity index (χ0) is 18.1. The first kappa shape index (κ1) is 17.4. The van der Waals surface area contributed by atoms with Gasteiger partial charge in [-0.25, -0.2) is 9.78 Å². The smallest absolute Gasteiger partial charge is 0.336 e. The third kappa shape index (κ3) is 3.24. The fraction of sp³-hybridized carbons (Fsp3) is 0.238. The highest BCUT2D eigenvalue weighted by Crippen LogP contribution is 2.31. The molecule has 0 fully saturated rings. The number of hydrogen-bond acceptors (Lipinski definition) is 2. The Morgan fingerprint density at radius 3 is 2.48 bits per heavy atom. The van der Waals surface area contributed by atoms with Crippen LogP contribution in [0.1, 0.15) is 47.7 Å². The highest BCUT2D eigenvalue weighted by molar-refractivity contribution is 6.32. The number of aromatic carboxylic acids is 1. The number of nitrogens with zero attached hydrogens (tertiary/aromatic N) is 1. The number of benzene rings is 2. The summed E-state index contributed by atoms with van der Waals surface area (Å²) in [5.41, 5.74) is 4.48. The summed E-state index contributed by atoms with van der Waals surface area (Å²) in [5.74, 6) is -0.471. The number of aryl methyl sites for hydroxylation is 1. The van der Waals surface area contributed by atoms with Gasteiger partial charge in [0.1, 0.15) is 0 Å². The second-order valence-corrected chi connectivity index (χ2v) is 6.77. The molecule has 0 saturated carbocycles. The summed E-state index contributed by atoms with van der Waals surface area (Å²) in [7, 11) is 0. The molecule has 0 bridgehead atoms. The first-order valence-electron chi connectivity index (χ1n) is 8.35. The predicted octanol–water partition coefficient (Wildman–Crippen LogP) is 6.08. The average molecular weight is 354 g/mol. The van der Waals surface area contributed by atoms with Crippen molar-refractivity contribution < 1.29 is 9.90 Å². The van der Waals surface area contributed by atoms with Gasteiger partial charge < -0.3 is 5.11 Å². The summed E-state index contributed by atoms with van der Waals surface area (Å²) in [6.07, 6.45) is 1.08. The molecule has 3 aromatic rings. The Hall–Kier alpha value is -2.39. The number of aromatic nitrogens is 1. The minimum Gasteiger partial charge on any atom is -0.478 e. The number of carbonyl (C=O) groups is 1. The fourth-order valence-corrected chi connectivity index (χ4v) is 3.10. The number of carboxylic acids is 1. The number of pyridine rings is 1. The van der Waals surface area contributed by atoms with Gasteiger partial charge in [-0.05, 0) is 42.5 Å². The Balaban J connectivity index is 2.19. The molecular weight excluding hydrogens is 334 g/mol. The highest BCUT2D eigenvalue weighted by atomic mass is 35.5. The molecule has 0 amide bonds. The number of halogens is 1. The van der Waals surface area contributed by atoms with Crippen LogP contribution in [0.4, 0.5) is 0 Å². The van der Waals surface area contributed by atoms with E-state index in [1.165, 1.54) is 5.56 Å². The van der Waals surface area contributed by atoms with Crippen molar-refractivity contribution in [3.8, 4) is 11.3 Å². The fourth-order valence-electron chi connectivity index (χ4n) is 2.95. The van der Waals surface area contributed by atoms with Gasteiger partial charge >= 0.3 is 5.97 Å². The maximum atomic E-state index is 11.7. The van der Waals surface area contributed by atoms with Crippen molar-refractivity contribution in [2.45, 2.75) is 33.1 Å². The molecule has 2 aromatic carbocycles. The second kappa shape index (κ2) is 6.85. The van der Waals surface area contributed by atoms with E-state index in [-0.39, 0.29) is 5.56 Å². The van der Waals surface area contributed by atoms with Crippen LogP contribution in [0.5, 0.6) is 0 Å². The van der Waals surface area contributed by atoms with E-state index in [1.807, 2.05) is 19.1 Å². The predicted molar refractivity (Wildman–Crippen MR) is 103 cm³/mol. The molecule has 0 spiro atoms. The lowest BCUT2D eigenvalue weighted by Gasteiger charge is -2.12. The molecule has 3 nitrogen and oxygen atoms in total. The summed E-state index contributed by atoms with van der Waals surface area (Å²) in [5, 5.41) is 10.8. The Morgan fingerprint density at radius 1 is 1.20 bits per heavy atom. The third-order valence-electron chi connectivity index (χ3n) is 4.79. The maximum Gasteiger partial charge on any atom is 0.336 e. The Morgan fingerprint density at radius 2 is 1.88 bits per heavy atom. The molecule has 1 aromatic heterocycles. The van der Waals surface area contributed by atoms with Gasteiger partial charge in [0, 0.05) is 16.0 Å². The Bertz CT molecular complexity index is 948. The number of rotatable bonds is 4. The zero-order valence-corrected chi connectivity index (χ0v) is 15.3. The second-order valence-electron chi connectivity index (χ2n) is 6.36. The first-order valence-corrected chi connectivity index (χ1v) is 8.73. The molecule has 1 atom stereocenters. The zero-order valence-electron chi connectivity index (χ0n) is 14.5. The summed E-state index contributed by atoms with van der Waals surface area (Å²) >= 11 is 6.20. The standard InChI is InChI=1S/C21H20ClNO2/c1-4-12(2)14-5-7-15(8-6-14)19-11-17(21(24)25)16-9-10-18(22)13(3)20(16)23-19/h5-12H,4H2,1-3H3,(H,24,25)/t12-/m1/s1. The van der Waals surface area contributed by atoms with Crippen LogP contribution >= 0.6 is 11.6 Å².